The predicted octanol–water partition coefficient (Wildman–Crippen LogP) is 3.58. The third kappa shape index (κ3) is 3.50. The molecule has 5 rings (SSSR count). The molecule has 1 N–H and O–H groups in total. The van der Waals surface area contributed by atoms with Gasteiger partial charge in [0, 0.05) is 11.6 Å². The van der Waals surface area contributed by atoms with E-state index in [1.54, 1.807) is 36.0 Å². The fraction of sp³-hybridized carbons (Fsp3) is 0.100. The van der Waals surface area contributed by atoms with Crippen molar-refractivity contribution < 1.29 is 23.2 Å². The summed E-state index contributed by atoms with van der Waals surface area (Å²) in [6.07, 6.45) is 2.73. The lowest BCUT2D eigenvalue weighted by atomic mass is 10.1. The van der Waals surface area contributed by atoms with Crippen molar-refractivity contribution in [2.45, 2.75) is 6.10 Å². The summed E-state index contributed by atoms with van der Waals surface area (Å²) in [5, 5.41) is 0.688. The van der Waals surface area contributed by atoms with Crippen LogP contribution < -0.4 is 18.9 Å². The van der Waals surface area contributed by atoms with Crippen molar-refractivity contribution in [3.05, 3.63) is 71.4 Å². The van der Waals surface area contributed by atoms with Crippen LogP contribution in [-0.2, 0) is 15.8 Å². The van der Waals surface area contributed by atoms with Gasteiger partial charge in [-0.25, -0.2) is 9.19 Å². The molecule has 3 heterocycles. The van der Waals surface area contributed by atoms with Crippen LogP contribution >= 0.6 is 11.3 Å². The summed E-state index contributed by atoms with van der Waals surface area (Å²) >= 11 is 1.41. The number of amides is 1. The highest BCUT2D eigenvalue weighted by atomic mass is 32.2. The van der Waals surface area contributed by atoms with Crippen molar-refractivity contribution in [2.24, 2.45) is 0 Å². The lowest BCUT2D eigenvalue weighted by molar-refractivity contribution is -0.114. The molecule has 0 bridgehead atoms. The minimum Gasteiger partial charge on any atom is -0.485 e. The molecule has 2 aliphatic heterocycles. The molecule has 29 heavy (non-hydrogen) atoms. The van der Waals surface area contributed by atoms with Crippen LogP contribution in [0.5, 0.6) is 22.3 Å². The SMILES string of the molecule is O=C1C=C(c2ccc(O[C@@H]3COc4c(Oc5cncs5)cccc43)cc2)S(=O)N1. The number of carbonyl (C=O) groups excluding carboxylic acids is 1. The number of nitrogens with zero attached hydrogens (tertiary/aromatic N) is 1. The van der Waals surface area contributed by atoms with Gasteiger partial charge in [0.25, 0.3) is 5.91 Å². The number of thiazole rings is 1. The van der Waals surface area contributed by atoms with Gasteiger partial charge in [0.15, 0.2) is 28.6 Å². The molecule has 7 nitrogen and oxygen atoms in total. The molecule has 9 heteroatoms. The van der Waals surface area contributed by atoms with Gasteiger partial charge in [-0.1, -0.05) is 35.6 Å². The Morgan fingerprint density at radius 3 is 2.79 bits per heavy atom. The molecule has 3 aromatic rings. The topological polar surface area (TPSA) is 86.8 Å². The second-order valence-electron chi connectivity index (χ2n) is 6.28. The van der Waals surface area contributed by atoms with Crippen LogP contribution in [0.4, 0.5) is 0 Å². The number of ether oxygens (including phenoxy) is 3. The average molecular weight is 426 g/mol. The fourth-order valence-electron chi connectivity index (χ4n) is 3.13. The van der Waals surface area contributed by atoms with Gasteiger partial charge < -0.3 is 14.2 Å². The maximum Gasteiger partial charge on any atom is 0.257 e. The monoisotopic (exact) mass is 426 g/mol. The number of para-hydroxylation sites is 1. The van der Waals surface area contributed by atoms with Crippen LogP contribution in [-0.4, -0.2) is 21.7 Å². The molecule has 1 unspecified atom stereocenters. The summed E-state index contributed by atoms with van der Waals surface area (Å²) in [5.74, 6) is 1.59. The van der Waals surface area contributed by atoms with E-state index in [9.17, 15) is 9.00 Å². The zero-order valence-corrected chi connectivity index (χ0v) is 16.5. The summed E-state index contributed by atoms with van der Waals surface area (Å²) in [6, 6.07) is 12.8. The van der Waals surface area contributed by atoms with E-state index >= 15 is 0 Å². The van der Waals surface area contributed by atoms with Gasteiger partial charge in [-0.15, -0.1) is 0 Å². The van der Waals surface area contributed by atoms with Crippen LogP contribution in [0.3, 0.4) is 0 Å². The summed E-state index contributed by atoms with van der Waals surface area (Å²) in [7, 11) is -1.52. The molecular weight excluding hydrogens is 412 g/mol. The van der Waals surface area contributed by atoms with Crippen LogP contribution in [0.15, 0.2) is 60.2 Å². The van der Waals surface area contributed by atoms with Crippen molar-refractivity contribution in [1.82, 2.24) is 9.71 Å². The number of benzene rings is 2. The molecule has 0 aliphatic carbocycles. The molecule has 0 radical (unpaired) electrons. The van der Waals surface area contributed by atoms with Gasteiger partial charge in [-0.2, -0.15) is 0 Å². The first kappa shape index (κ1) is 17.9. The van der Waals surface area contributed by atoms with Gasteiger partial charge in [0.1, 0.15) is 12.4 Å². The molecule has 2 aliphatic rings. The van der Waals surface area contributed by atoms with E-state index in [4.69, 9.17) is 14.2 Å². The lowest BCUT2D eigenvalue weighted by Crippen LogP contribution is -2.16. The normalized spacial score (nSPS) is 19.9. The Hall–Kier alpha value is -3.17. The third-order valence-corrected chi connectivity index (χ3v) is 6.22. The molecule has 2 aromatic carbocycles. The quantitative estimate of drug-likeness (QED) is 0.671. The zero-order valence-electron chi connectivity index (χ0n) is 14.9. The van der Waals surface area contributed by atoms with Gasteiger partial charge >= 0.3 is 0 Å². The van der Waals surface area contributed by atoms with Crippen LogP contribution in [0.1, 0.15) is 17.2 Å². The van der Waals surface area contributed by atoms with Crippen molar-refractivity contribution >= 4 is 33.1 Å². The van der Waals surface area contributed by atoms with E-state index in [-0.39, 0.29) is 12.0 Å². The molecule has 2 atom stereocenters. The highest BCUT2D eigenvalue weighted by molar-refractivity contribution is 7.93. The first-order chi connectivity index (χ1) is 14.2. The van der Waals surface area contributed by atoms with Crippen molar-refractivity contribution in [3.63, 3.8) is 0 Å². The largest absolute Gasteiger partial charge is 0.485 e. The van der Waals surface area contributed by atoms with E-state index in [0.717, 1.165) is 5.56 Å². The molecular formula is C20H14N2O5S2. The molecule has 1 aromatic heterocycles. The minimum absolute atomic E-state index is 0.274. The third-order valence-electron chi connectivity index (χ3n) is 4.43. The molecule has 0 spiro atoms. The Kier molecular flexibility index (Phi) is 4.53. The number of hydrogen-bond acceptors (Lipinski definition) is 7. The Morgan fingerprint density at radius 2 is 2.07 bits per heavy atom. The standard InChI is InChI=1S/C20H14N2O5S2/c23-18-8-17(29(24)22-18)12-4-6-13(7-5-12)26-16-10-25-20-14(16)2-1-3-15(20)27-19-9-21-11-28-19/h1-9,11,16H,10H2,(H,22,23)/t16-,29?/m1/s1. The molecule has 0 fully saturated rings. The summed E-state index contributed by atoms with van der Waals surface area (Å²) in [5.41, 5.74) is 3.32. The predicted molar refractivity (Wildman–Crippen MR) is 108 cm³/mol. The highest BCUT2D eigenvalue weighted by Crippen LogP contribution is 2.44. The highest BCUT2D eigenvalue weighted by Gasteiger charge is 2.29. The number of aromatic nitrogens is 1. The van der Waals surface area contributed by atoms with Gasteiger partial charge in [0.2, 0.25) is 5.06 Å². The lowest BCUT2D eigenvalue weighted by Gasteiger charge is -2.13. The minimum atomic E-state index is -1.52. The first-order valence-corrected chi connectivity index (χ1v) is 10.7. The van der Waals surface area contributed by atoms with Crippen molar-refractivity contribution in [3.8, 4) is 22.3 Å². The maximum atomic E-state index is 11.9. The number of carbonyl (C=O) groups is 1. The molecule has 0 saturated heterocycles. The van der Waals surface area contributed by atoms with E-state index in [1.807, 2.05) is 18.2 Å². The van der Waals surface area contributed by atoms with E-state index in [0.29, 0.717) is 39.4 Å². The second kappa shape index (κ2) is 7.34. The van der Waals surface area contributed by atoms with Crippen LogP contribution in [0, 0.1) is 0 Å². The van der Waals surface area contributed by atoms with Crippen molar-refractivity contribution in [1.29, 1.82) is 0 Å². The number of hydrogen-bond donors (Lipinski definition) is 1. The first-order valence-electron chi connectivity index (χ1n) is 8.70. The Bertz CT molecular complexity index is 1130. The van der Waals surface area contributed by atoms with Crippen LogP contribution in [0.2, 0.25) is 0 Å². The summed E-state index contributed by atoms with van der Waals surface area (Å²) < 4.78 is 32.0. The summed E-state index contributed by atoms with van der Waals surface area (Å²) in [4.78, 5) is 15.8. The average Bonchev–Trinajstić information content (AvgIpc) is 3.44. The van der Waals surface area contributed by atoms with E-state index < -0.39 is 11.0 Å². The van der Waals surface area contributed by atoms with Gasteiger partial charge in [-0.05, 0) is 23.8 Å². The molecule has 146 valence electrons. The maximum absolute atomic E-state index is 11.9. The van der Waals surface area contributed by atoms with E-state index in [1.165, 1.54) is 17.4 Å². The smallest absolute Gasteiger partial charge is 0.257 e. The second-order valence-corrected chi connectivity index (χ2v) is 8.31. The number of nitrogens with one attached hydrogen (secondary N) is 1. The number of fused-ring (bicyclic) bond motifs is 1. The van der Waals surface area contributed by atoms with Crippen LogP contribution in [0.25, 0.3) is 4.91 Å². The Balaban J connectivity index is 1.34. The van der Waals surface area contributed by atoms with Gasteiger partial charge in [0.05, 0.1) is 16.6 Å². The van der Waals surface area contributed by atoms with Crippen molar-refractivity contribution in [2.75, 3.05) is 6.61 Å². The molecule has 0 saturated carbocycles. The summed E-state index contributed by atoms with van der Waals surface area (Å²) in [6.45, 7) is 0.369. The Labute approximate surface area is 172 Å². The van der Waals surface area contributed by atoms with E-state index in [2.05, 4.69) is 9.71 Å². The van der Waals surface area contributed by atoms with Gasteiger partial charge in [-0.3, -0.25) is 9.52 Å². The number of rotatable bonds is 5. The molecule has 1 amide bonds. The fourth-order valence-corrected chi connectivity index (χ4v) is 4.53. The Morgan fingerprint density at radius 1 is 1.21 bits per heavy atom. The zero-order chi connectivity index (χ0) is 19.8.